The van der Waals surface area contributed by atoms with Crippen LogP contribution >= 0.6 is 0 Å². The summed E-state index contributed by atoms with van der Waals surface area (Å²) in [6.45, 7) is 0.290. The van der Waals surface area contributed by atoms with Crippen LogP contribution < -0.4 is 11.1 Å². The minimum atomic E-state index is -0.208. The van der Waals surface area contributed by atoms with E-state index < -0.39 is 0 Å². The number of nitrogens with two attached hydrogens (primary N) is 1. The van der Waals surface area contributed by atoms with Gasteiger partial charge in [0.25, 0.3) is 0 Å². The standard InChI is InChI=1S/C10H11N3O/c11-8-10(14)13-7-3-5-9-4-1-2-6-12-9/h1-2,4,6H,7-8,11H2,(H,13,14). The van der Waals surface area contributed by atoms with Crippen LogP contribution in [-0.4, -0.2) is 24.0 Å². The molecule has 0 atom stereocenters. The molecule has 0 aliphatic carbocycles. The molecular weight excluding hydrogens is 178 g/mol. The van der Waals surface area contributed by atoms with E-state index in [4.69, 9.17) is 5.73 Å². The average molecular weight is 189 g/mol. The first kappa shape index (κ1) is 10.2. The third-order valence-electron chi connectivity index (χ3n) is 1.44. The highest BCUT2D eigenvalue weighted by Crippen LogP contribution is 1.88. The van der Waals surface area contributed by atoms with Crippen LogP contribution in [0.2, 0.25) is 0 Å². The van der Waals surface area contributed by atoms with Gasteiger partial charge in [-0.25, -0.2) is 4.98 Å². The van der Waals surface area contributed by atoms with Crippen molar-refractivity contribution in [1.82, 2.24) is 10.3 Å². The molecule has 0 bridgehead atoms. The van der Waals surface area contributed by atoms with E-state index in [2.05, 4.69) is 22.1 Å². The van der Waals surface area contributed by atoms with Crippen LogP contribution in [-0.2, 0) is 4.79 Å². The molecular formula is C10H11N3O. The van der Waals surface area contributed by atoms with Crippen LogP contribution in [0.5, 0.6) is 0 Å². The number of rotatable bonds is 2. The van der Waals surface area contributed by atoms with Crippen molar-refractivity contribution < 1.29 is 4.79 Å². The van der Waals surface area contributed by atoms with E-state index in [0.29, 0.717) is 12.2 Å². The molecule has 0 saturated carbocycles. The molecule has 0 fully saturated rings. The summed E-state index contributed by atoms with van der Waals surface area (Å²) < 4.78 is 0. The largest absolute Gasteiger partial charge is 0.344 e. The third kappa shape index (κ3) is 3.70. The number of pyridine rings is 1. The van der Waals surface area contributed by atoms with Gasteiger partial charge in [-0.1, -0.05) is 12.0 Å². The molecule has 4 heteroatoms. The Hall–Kier alpha value is -1.86. The number of carbonyl (C=O) groups excluding carboxylic acids is 1. The summed E-state index contributed by atoms with van der Waals surface area (Å²) in [5.41, 5.74) is 5.78. The molecule has 1 aromatic heterocycles. The Morgan fingerprint density at radius 2 is 2.43 bits per heavy atom. The average Bonchev–Trinajstić information content (AvgIpc) is 2.25. The SMILES string of the molecule is NCC(=O)NCC#Cc1ccccn1. The molecule has 0 unspecified atom stereocenters. The van der Waals surface area contributed by atoms with E-state index in [1.54, 1.807) is 12.3 Å². The van der Waals surface area contributed by atoms with Crippen molar-refractivity contribution >= 4 is 5.91 Å². The van der Waals surface area contributed by atoms with Crippen LogP contribution in [0, 0.1) is 11.8 Å². The molecule has 1 amide bonds. The molecule has 1 heterocycles. The fourth-order valence-corrected chi connectivity index (χ4v) is 0.786. The van der Waals surface area contributed by atoms with E-state index in [1.165, 1.54) is 0 Å². The highest BCUT2D eigenvalue weighted by atomic mass is 16.1. The maximum Gasteiger partial charge on any atom is 0.234 e. The van der Waals surface area contributed by atoms with E-state index in [0.717, 1.165) is 0 Å². The van der Waals surface area contributed by atoms with Crippen molar-refractivity contribution in [2.24, 2.45) is 5.73 Å². The van der Waals surface area contributed by atoms with Crippen LogP contribution in [0.1, 0.15) is 5.69 Å². The molecule has 14 heavy (non-hydrogen) atoms. The molecule has 1 aromatic rings. The van der Waals surface area contributed by atoms with Crippen LogP contribution in [0.25, 0.3) is 0 Å². The summed E-state index contributed by atoms with van der Waals surface area (Å²) in [4.78, 5) is 14.7. The molecule has 3 N–H and O–H groups in total. The molecule has 72 valence electrons. The van der Waals surface area contributed by atoms with Crippen LogP contribution in [0.15, 0.2) is 24.4 Å². The summed E-state index contributed by atoms with van der Waals surface area (Å²) in [6, 6.07) is 5.48. The van der Waals surface area contributed by atoms with Crippen LogP contribution in [0.3, 0.4) is 0 Å². The minimum absolute atomic E-state index is 0.00866. The first-order valence-electron chi connectivity index (χ1n) is 4.19. The first-order chi connectivity index (χ1) is 6.83. The Morgan fingerprint density at radius 3 is 3.07 bits per heavy atom. The van der Waals surface area contributed by atoms with Gasteiger partial charge in [-0.05, 0) is 18.1 Å². The summed E-state index contributed by atoms with van der Waals surface area (Å²) in [5.74, 6) is 5.37. The second-order valence-electron chi connectivity index (χ2n) is 2.50. The smallest absolute Gasteiger partial charge is 0.234 e. The van der Waals surface area contributed by atoms with Gasteiger partial charge in [0.1, 0.15) is 5.69 Å². The van der Waals surface area contributed by atoms with Gasteiger partial charge in [-0.15, -0.1) is 0 Å². The molecule has 0 aliphatic rings. The molecule has 0 radical (unpaired) electrons. The van der Waals surface area contributed by atoms with Crippen molar-refractivity contribution in [3.05, 3.63) is 30.1 Å². The van der Waals surface area contributed by atoms with Crippen molar-refractivity contribution in [3.8, 4) is 11.8 Å². The fraction of sp³-hybridized carbons (Fsp3) is 0.200. The van der Waals surface area contributed by atoms with E-state index in [9.17, 15) is 4.79 Å². The number of nitrogens with zero attached hydrogens (tertiary/aromatic N) is 1. The van der Waals surface area contributed by atoms with Gasteiger partial charge >= 0.3 is 0 Å². The molecule has 1 rings (SSSR count). The van der Waals surface area contributed by atoms with Crippen molar-refractivity contribution in [1.29, 1.82) is 0 Å². The lowest BCUT2D eigenvalue weighted by molar-refractivity contribution is -0.119. The number of aromatic nitrogens is 1. The Bertz CT molecular complexity index is 351. The van der Waals surface area contributed by atoms with Crippen molar-refractivity contribution in [2.75, 3.05) is 13.1 Å². The molecule has 0 aliphatic heterocycles. The van der Waals surface area contributed by atoms with Gasteiger partial charge in [0.15, 0.2) is 0 Å². The maximum absolute atomic E-state index is 10.7. The Labute approximate surface area is 82.5 Å². The van der Waals surface area contributed by atoms with Gasteiger partial charge in [-0.2, -0.15) is 0 Å². The van der Waals surface area contributed by atoms with Gasteiger partial charge < -0.3 is 11.1 Å². The number of amides is 1. The Kier molecular flexibility index (Phi) is 4.18. The quantitative estimate of drug-likeness (QED) is 0.617. The lowest BCUT2D eigenvalue weighted by Crippen LogP contribution is -2.30. The Morgan fingerprint density at radius 1 is 1.57 bits per heavy atom. The Balaban J connectivity index is 2.38. The zero-order valence-corrected chi connectivity index (χ0v) is 7.66. The predicted molar refractivity (Wildman–Crippen MR) is 53.2 cm³/mol. The second-order valence-corrected chi connectivity index (χ2v) is 2.50. The number of carbonyl (C=O) groups is 1. The predicted octanol–water partition coefficient (Wildman–Crippen LogP) is -0.492. The van der Waals surface area contributed by atoms with Crippen molar-refractivity contribution in [3.63, 3.8) is 0 Å². The highest BCUT2D eigenvalue weighted by molar-refractivity contribution is 5.77. The molecule has 4 nitrogen and oxygen atoms in total. The van der Waals surface area contributed by atoms with E-state index >= 15 is 0 Å². The lowest BCUT2D eigenvalue weighted by Gasteiger charge is -1.94. The number of hydrogen-bond donors (Lipinski definition) is 2. The van der Waals surface area contributed by atoms with Gasteiger partial charge in [0.2, 0.25) is 5.91 Å². The highest BCUT2D eigenvalue weighted by Gasteiger charge is 1.91. The number of hydrogen-bond acceptors (Lipinski definition) is 3. The number of nitrogens with one attached hydrogen (secondary N) is 1. The summed E-state index contributed by atoms with van der Waals surface area (Å²) in [7, 11) is 0. The van der Waals surface area contributed by atoms with Gasteiger partial charge in [0, 0.05) is 6.20 Å². The third-order valence-corrected chi connectivity index (χ3v) is 1.44. The normalized spacial score (nSPS) is 8.64. The topological polar surface area (TPSA) is 68.0 Å². The summed E-state index contributed by atoms with van der Waals surface area (Å²) in [5, 5.41) is 2.54. The molecule has 0 aromatic carbocycles. The van der Waals surface area contributed by atoms with Gasteiger partial charge in [0.05, 0.1) is 13.1 Å². The van der Waals surface area contributed by atoms with Crippen molar-refractivity contribution in [2.45, 2.75) is 0 Å². The molecule has 0 spiro atoms. The first-order valence-corrected chi connectivity index (χ1v) is 4.19. The van der Waals surface area contributed by atoms with E-state index in [-0.39, 0.29) is 12.5 Å². The van der Waals surface area contributed by atoms with E-state index in [1.807, 2.05) is 12.1 Å². The minimum Gasteiger partial charge on any atom is -0.344 e. The zero-order chi connectivity index (χ0) is 10.2. The second kappa shape index (κ2) is 5.73. The maximum atomic E-state index is 10.7. The zero-order valence-electron chi connectivity index (χ0n) is 7.66. The van der Waals surface area contributed by atoms with Gasteiger partial charge in [-0.3, -0.25) is 4.79 Å². The fourth-order valence-electron chi connectivity index (χ4n) is 0.786. The monoisotopic (exact) mass is 189 g/mol. The summed E-state index contributed by atoms with van der Waals surface area (Å²) >= 11 is 0. The summed E-state index contributed by atoms with van der Waals surface area (Å²) in [6.07, 6.45) is 1.67. The molecule has 0 saturated heterocycles. The van der Waals surface area contributed by atoms with Crippen LogP contribution in [0.4, 0.5) is 0 Å². The lowest BCUT2D eigenvalue weighted by atomic mass is 10.3.